The van der Waals surface area contributed by atoms with E-state index in [1.54, 1.807) is 5.56 Å². The van der Waals surface area contributed by atoms with Crippen molar-refractivity contribution in [3.63, 3.8) is 0 Å². The summed E-state index contributed by atoms with van der Waals surface area (Å²) < 4.78 is 0. The lowest BCUT2D eigenvalue weighted by Gasteiger charge is -2.28. The Hall–Kier alpha value is -1.18. The maximum absolute atomic E-state index is 6.65. The lowest BCUT2D eigenvalue weighted by Crippen LogP contribution is -2.15. The monoisotopic (exact) mass is 314 g/mol. The molecule has 0 aromatic heterocycles. The topological polar surface area (TPSA) is 52.0 Å². The molecule has 128 valence electrons. The van der Waals surface area contributed by atoms with Crippen LogP contribution in [0.4, 0.5) is 11.4 Å². The van der Waals surface area contributed by atoms with E-state index in [1.165, 1.54) is 75.3 Å². The van der Waals surface area contributed by atoms with E-state index in [4.69, 9.17) is 11.5 Å². The van der Waals surface area contributed by atoms with E-state index in [2.05, 4.69) is 13.8 Å². The van der Waals surface area contributed by atoms with E-state index < -0.39 is 0 Å². The summed E-state index contributed by atoms with van der Waals surface area (Å²) in [4.78, 5) is 0. The van der Waals surface area contributed by atoms with Gasteiger partial charge in [-0.15, -0.1) is 0 Å². The van der Waals surface area contributed by atoms with Gasteiger partial charge < -0.3 is 11.5 Å². The lowest BCUT2D eigenvalue weighted by molar-refractivity contribution is 0.653. The van der Waals surface area contributed by atoms with Crippen molar-refractivity contribution in [1.29, 1.82) is 0 Å². The molecule has 4 N–H and O–H groups in total. The van der Waals surface area contributed by atoms with Gasteiger partial charge in [0, 0.05) is 11.4 Å². The quantitative estimate of drug-likeness (QED) is 0.673. The zero-order valence-electron chi connectivity index (χ0n) is 15.1. The highest BCUT2D eigenvalue weighted by Gasteiger charge is 2.31. The molecule has 0 atom stereocenters. The molecule has 2 fully saturated rings. The minimum atomic E-state index is 0.685. The summed E-state index contributed by atoms with van der Waals surface area (Å²) >= 11 is 0. The smallest absolute Gasteiger partial charge is 0.0402 e. The molecule has 0 spiro atoms. The van der Waals surface area contributed by atoms with Crippen molar-refractivity contribution in [3.8, 4) is 0 Å². The molecule has 0 unspecified atom stereocenters. The largest absolute Gasteiger partial charge is 0.398 e. The Labute approximate surface area is 142 Å². The molecule has 2 aliphatic rings. The molecule has 2 aliphatic carbocycles. The van der Waals surface area contributed by atoms with Crippen molar-refractivity contribution in [1.82, 2.24) is 0 Å². The molecule has 2 heteroatoms. The number of unbranched alkanes of at least 4 members (excludes halogenated alkanes) is 1. The van der Waals surface area contributed by atoms with E-state index >= 15 is 0 Å². The lowest BCUT2D eigenvalue weighted by atomic mass is 9.78. The maximum atomic E-state index is 6.65. The summed E-state index contributed by atoms with van der Waals surface area (Å²) in [6.07, 6.45) is 14.4. The minimum Gasteiger partial charge on any atom is -0.398 e. The molecule has 0 aliphatic heterocycles. The van der Waals surface area contributed by atoms with E-state index in [0.717, 1.165) is 23.4 Å². The van der Waals surface area contributed by atoms with Crippen LogP contribution in [0.5, 0.6) is 0 Å². The van der Waals surface area contributed by atoms with Gasteiger partial charge in [0.05, 0.1) is 0 Å². The predicted octanol–water partition coefficient (Wildman–Crippen LogP) is 5.82. The Bertz CT molecular complexity index is 550. The Morgan fingerprint density at radius 1 is 0.826 bits per heavy atom. The van der Waals surface area contributed by atoms with Crippen molar-refractivity contribution in [3.05, 3.63) is 22.3 Å². The van der Waals surface area contributed by atoms with E-state index in [-0.39, 0.29) is 0 Å². The van der Waals surface area contributed by atoms with Crippen LogP contribution >= 0.6 is 0 Å². The summed E-state index contributed by atoms with van der Waals surface area (Å²) in [6.45, 7) is 4.41. The first-order chi connectivity index (χ1) is 11.1. The number of rotatable bonds is 5. The molecular formula is C21H34N2. The van der Waals surface area contributed by atoms with Gasteiger partial charge >= 0.3 is 0 Å². The van der Waals surface area contributed by atoms with Crippen LogP contribution in [0.2, 0.25) is 0 Å². The molecule has 0 bridgehead atoms. The molecule has 2 saturated carbocycles. The minimum absolute atomic E-state index is 0.685. The van der Waals surface area contributed by atoms with E-state index in [9.17, 15) is 0 Å². The van der Waals surface area contributed by atoms with Gasteiger partial charge in [-0.25, -0.2) is 0 Å². The average molecular weight is 315 g/mol. The zero-order chi connectivity index (χ0) is 16.4. The standard InChI is InChI=1S/C21H34N2/c1-3-4-13-17-18(15-9-5-6-10-15)19(16-11-7-8-12-16)21(23)14(2)20(17)22/h15-16H,3-13,22-23H2,1-2H3. The Morgan fingerprint density at radius 2 is 1.35 bits per heavy atom. The second kappa shape index (κ2) is 7.15. The van der Waals surface area contributed by atoms with Crippen molar-refractivity contribution in [2.45, 2.75) is 96.3 Å². The Balaban J connectivity index is 2.15. The fourth-order valence-corrected chi connectivity index (χ4v) is 4.98. The Morgan fingerprint density at radius 3 is 1.87 bits per heavy atom. The molecular weight excluding hydrogens is 280 g/mol. The van der Waals surface area contributed by atoms with E-state index in [1.807, 2.05) is 0 Å². The molecule has 0 amide bonds. The summed E-state index contributed by atoms with van der Waals surface area (Å²) in [6, 6.07) is 0. The SMILES string of the molecule is CCCCc1c(N)c(C)c(N)c(C2CCCC2)c1C1CCCC1. The molecule has 1 aromatic carbocycles. The van der Waals surface area contributed by atoms with Gasteiger partial charge in [-0.05, 0) is 79.5 Å². The first-order valence-electron chi connectivity index (χ1n) is 9.85. The second-order valence-corrected chi connectivity index (χ2v) is 7.82. The fraction of sp³-hybridized carbons (Fsp3) is 0.714. The first kappa shape index (κ1) is 16.7. The molecule has 3 rings (SSSR count). The van der Waals surface area contributed by atoms with Crippen LogP contribution in [0.3, 0.4) is 0 Å². The number of nitrogens with two attached hydrogens (primary N) is 2. The summed E-state index contributed by atoms with van der Waals surface area (Å²) in [5, 5.41) is 0. The predicted molar refractivity (Wildman–Crippen MR) is 101 cm³/mol. The van der Waals surface area contributed by atoms with Crippen LogP contribution in [0, 0.1) is 6.92 Å². The van der Waals surface area contributed by atoms with Gasteiger partial charge in [0.25, 0.3) is 0 Å². The molecule has 2 nitrogen and oxygen atoms in total. The second-order valence-electron chi connectivity index (χ2n) is 7.82. The molecule has 23 heavy (non-hydrogen) atoms. The van der Waals surface area contributed by atoms with Crippen molar-refractivity contribution in [2.24, 2.45) is 0 Å². The summed E-state index contributed by atoms with van der Waals surface area (Å²) in [5.74, 6) is 1.40. The third-order valence-corrected chi connectivity index (χ3v) is 6.35. The average Bonchev–Trinajstić information content (AvgIpc) is 3.24. The highest BCUT2D eigenvalue weighted by atomic mass is 14.7. The van der Waals surface area contributed by atoms with Crippen LogP contribution in [-0.4, -0.2) is 0 Å². The van der Waals surface area contributed by atoms with Crippen molar-refractivity contribution >= 4 is 11.4 Å². The third kappa shape index (κ3) is 3.09. The normalized spacial score (nSPS) is 19.7. The van der Waals surface area contributed by atoms with Crippen molar-refractivity contribution in [2.75, 3.05) is 11.5 Å². The number of anilines is 2. The molecule has 1 aromatic rings. The highest BCUT2D eigenvalue weighted by Crippen LogP contribution is 2.49. The van der Waals surface area contributed by atoms with Crippen LogP contribution in [0.15, 0.2) is 0 Å². The number of hydrogen-bond acceptors (Lipinski definition) is 2. The number of benzene rings is 1. The van der Waals surface area contributed by atoms with Crippen LogP contribution in [0.25, 0.3) is 0 Å². The summed E-state index contributed by atoms with van der Waals surface area (Å²) in [7, 11) is 0. The Kier molecular flexibility index (Phi) is 5.18. The third-order valence-electron chi connectivity index (χ3n) is 6.35. The number of nitrogen functional groups attached to an aromatic ring is 2. The fourth-order valence-electron chi connectivity index (χ4n) is 4.98. The summed E-state index contributed by atoms with van der Waals surface area (Å²) in [5.41, 5.74) is 21.0. The molecule has 0 heterocycles. The molecule has 0 radical (unpaired) electrons. The van der Waals surface area contributed by atoms with E-state index in [0.29, 0.717) is 11.8 Å². The highest BCUT2D eigenvalue weighted by molar-refractivity contribution is 5.73. The van der Waals surface area contributed by atoms with Crippen molar-refractivity contribution < 1.29 is 0 Å². The van der Waals surface area contributed by atoms with Crippen LogP contribution < -0.4 is 11.5 Å². The van der Waals surface area contributed by atoms with Gasteiger partial charge in [-0.2, -0.15) is 0 Å². The number of hydrogen-bond donors (Lipinski definition) is 2. The van der Waals surface area contributed by atoms with Gasteiger partial charge in [-0.3, -0.25) is 0 Å². The van der Waals surface area contributed by atoms with Gasteiger partial charge in [0.2, 0.25) is 0 Å². The first-order valence-corrected chi connectivity index (χ1v) is 9.85. The van der Waals surface area contributed by atoms with Gasteiger partial charge in [-0.1, -0.05) is 39.0 Å². The zero-order valence-corrected chi connectivity index (χ0v) is 15.1. The van der Waals surface area contributed by atoms with Crippen LogP contribution in [0.1, 0.15) is 105 Å². The maximum Gasteiger partial charge on any atom is 0.0402 e. The van der Waals surface area contributed by atoms with Gasteiger partial charge in [0.15, 0.2) is 0 Å². The van der Waals surface area contributed by atoms with Gasteiger partial charge in [0.1, 0.15) is 0 Å². The molecule has 0 saturated heterocycles. The van der Waals surface area contributed by atoms with Crippen LogP contribution in [-0.2, 0) is 6.42 Å².